The summed E-state index contributed by atoms with van der Waals surface area (Å²) >= 11 is 0. The molecule has 0 saturated heterocycles. The Hall–Kier alpha value is -0.170. The van der Waals surface area contributed by atoms with Gasteiger partial charge in [0.25, 0.3) is 0 Å². The van der Waals surface area contributed by atoms with E-state index >= 15 is 0 Å². The van der Waals surface area contributed by atoms with Crippen molar-refractivity contribution in [3.05, 3.63) is 0 Å². The van der Waals surface area contributed by atoms with Crippen LogP contribution in [0, 0.1) is 0 Å². The smallest absolute Gasteiger partial charge is 0.217 e. The minimum Gasteiger partial charge on any atom is -0.726 e. The molecule has 1 unspecified atom stereocenters. The SMILES string of the molecule is CCCCCC(CC)OS(=O)(=O)[O-].CCCC[N+](CCCC)(CCCC)CCCC. The lowest BCUT2D eigenvalue weighted by Gasteiger charge is -2.39. The summed E-state index contributed by atoms with van der Waals surface area (Å²) < 4.78 is 36.5. The Balaban J connectivity index is 0. The molecular weight excluding hydrogens is 398 g/mol. The van der Waals surface area contributed by atoms with E-state index in [1.165, 1.54) is 82.0 Å². The molecular formula is C24H53NO4S. The van der Waals surface area contributed by atoms with Crippen LogP contribution in [0.5, 0.6) is 0 Å². The van der Waals surface area contributed by atoms with Gasteiger partial charge in [0.1, 0.15) is 0 Å². The first-order valence-corrected chi connectivity index (χ1v) is 14.1. The molecule has 184 valence electrons. The molecule has 0 aromatic carbocycles. The zero-order valence-electron chi connectivity index (χ0n) is 21.1. The summed E-state index contributed by atoms with van der Waals surface area (Å²) in [6.07, 6.45) is 14.8. The number of nitrogens with zero attached hydrogens (tertiary/aromatic N) is 1. The van der Waals surface area contributed by atoms with Crippen molar-refractivity contribution in [2.24, 2.45) is 0 Å². The third-order valence-electron chi connectivity index (χ3n) is 5.78. The van der Waals surface area contributed by atoms with E-state index in [-0.39, 0.29) is 0 Å². The van der Waals surface area contributed by atoms with Crippen molar-refractivity contribution in [3.63, 3.8) is 0 Å². The summed E-state index contributed by atoms with van der Waals surface area (Å²) in [5.41, 5.74) is 0. The number of hydrogen-bond donors (Lipinski definition) is 0. The molecule has 0 aromatic rings. The van der Waals surface area contributed by atoms with E-state index in [1.807, 2.05) is 6.92 Å². The molecule has 0 aliphatic rings. The summed E-state index contributed by atoms with van der Waals surface area (Å²) in [7, 11) is -4.52. The van der Waals surface area contributed by atoms with Crippen LogP contribution in [0.2, 0.25) is 0 Å². The molecule has 0 radical (unpaired) electrons. The predicted molar refractivity (Wildman–Crippen MR) is 128 cm³/mol. The first-order valence-electron chi connectivity index (χ1n) is 12.7. The molecule has 0 N–H and O–H groups in total. The van der Waals surface area contributed by atoms with Crippen molar-refractivity contribution >= 4 is 10.4 Å². The number of rotatable bonds is 19. The second kappa shape index (κ2) is 20.7. The molecule has 6 heteroatoms. The summed E-state index contributed by atoms with van der Waals surface area (Å²) in [5, 5.41) is 0. The number of quaternary nitrogens is 1. The Morgan fingerprint density at radius 3 is 1.30 bits per heavy atom. The van der Waals surface area contributed by atoms with Gasteiger partial charge in [0.05, 0.1) is 32.3 Å². The summed E-state index contributed by atoms with van der Waals surface area (Å²) in [6, 6.07) is 0. The fourth-order valence-corrected chi connectivity index (χ4v) is 4.32. The lowest BCUT2D eigenvalue weighted by Crippen LogP contribution is -2.50. The second-order valence-corrected chi connectivity index (χ2v) is 9.69. The van der Waals surface area contributed by atoms with E-state index in [2.05, 4.69) is 38.8 Å². The van der Waals surface area contributed by atoms with Gasteiger partial charge >= 0.3 is 0 Å². The molecule has 5 nitrogen and oxygen atoms in total. The summed E-state index contributed by atoms with van der Waals surface area (Å²) in [4.78, 5) is 0. The van der Waals surface area contributed by atoms with Crippen LogP contribution in [-0.2, 0) is 14.6 Å². The predicted octanol–water partition coefficient (Wildman–Crippen LogP) is 6.83. The van der Waals surface area contributed by atoms with E-state index in [0.29, 0.717) is 12.8 Å². The highest BCUT2D eigenvalue weighted by Gasteiger charge is 2.24. The Morgan fingerprint density at radius 1 is 0.667 bits per heavy atom. The molecule has 0 aliphatic heterocycles. The molecule has 0 saturated carbocycles. The molecule has 0 spiro atoms. The average molecular weight is 452 g/mol. The summed E-state index contributed by atoms with van der Waals surface area (Å²) in [6.45, 7) is 18.9. The lowest BCUT2D eigenvalue weighted by molar-refractivity contribution is -0.929. The fourth-order valence-electron chi connectivity index (χ4n) is 3.75. The van der Waals surface area contributed by atoms with Gasteiger partial charge in [-0.25, -0.2) is 8.42 Å². The van der Waals surface area contributed by atoms with Crippen LogP contribution in [-0.4, -0.2) is 49.7 Å². The quantitative estimate of drug-likeness (QED) is 0.0934. The molecule has 0 rings (SSSR count). The molecule has 0 heterocycles. The highest BCUT2D eigenvalue weighted by molar-refractivity contribution is 7.80. The highest BCUT2D eigenvalue weighted by atomic mass is 32.3. The maximum Gasteiger partial charge on any atom is 0.217 e. The Kier molecular flexibility index (Phi) is 22.1. The van der Waals surface area contributed by atoms with Crippen molar-refractivity contribution in [3.8, 4) is 0 Å². The Bertz CT molecular complexity index is 417. The van der Waals surface area contributed by atoms with Crippen LogP contribution < -0.4 is 0 Å². The molecule has 0 aromatic heterocycles. The zero-order valence-corrected chi connectivity index (χ0v) is 21.9. The van der Waals surface area contributed by atoms with Crippen molar-refractivity contribution in [1.82, 2.24) is 0 Å². The molecule has 0 aliphatic carbocycles. The Morgan fingerprint density at radius 2 is 1.03 bits per heavy atom. The highest BCUT2D eigenvalue weighted by Crippen LogP contribution is 2.16. The maximum absolute atomic E-state index is 10.3. The first kappa shape index (κ1) is 32.0. The topological polar surface area (TPSA) is 66.4 Å². The minimum atomic E-state index is -4.52. The maximum atomic E-state index is 10.3. The van der Waals surface area contributed by atoms with Gasteiger partial charge < -0.3 is 9.04 Å². The van der Waals surface area contributed by atoms with E-state index in [1.54, 1.807) is 0 Å². The summed E-state index contributed by atoms with van der Waals surface area (Å²) in [5.74, 6) is 0. The van der Waals surface area contributed by atoms with Crippen molar-refractivity contribution in [1.29, 1.82) is 0 Å². The third-order valence-corrected chi connectivity index (χ3v) is 6.29. The van der Waals surface area contributed by atoms with Crippen LogP contribution in [0.25, 0.3) is 0 Å². The average Bonchev–Trinajstić information content (AvgIpc) is 2.71. The Labute approximate surface area is 189 Å². The van der Waals surface area contributed by atoms with E-state index < -0.39 is 16.5 Å². The molecule has 0 bridgehead atoms. The van der Waals surface area contributed by atoms with Gasteiger partial charge in [0, 0.05) is 0 Å². The number of unbranched alkanes of at least 4 members (excludes halogenated alkanes) is 6. The van der Waals surface area contributed by atoms with Crippen molar-refractivity contribution < 1.29 is 21.6 Å². The van der Waals surface area contributed by atoms with Crippen LogP contribution >= 0.6 is 0 Å². The minimum absolute atomic E-state index is 0.436. The lowest BCUT2D eigenvalue weighted by atomic mass is 10.1. The molecule has 1 atom stereocenters. The number of hydrogen-bond acceptors (Lipinski definition) is 4. The van der Waals surface area contributed by atoms with Crippen molar-refractivity contribution in [2.45, 2.75) is 131 Å². The normalized spacial score (nSPS) is 13.0. The van der Waals surface area contributed by atoms with Gasteiger partial charge in [-0.05, 0) is 38.5 Å². The third kappa shape index (κ3) is 19.8. The van der Waals surface area contributed by atoms with Gasteiger partial charge in [-0.2, -0.15) is 0 Å². The molecule has 30 heavy (non-hydrogen) atoms. The van der Waals surface area contributed by atoms with Gasteiger partial charge in [0.2, 0.25) is 10.4 Å². The fraction of sp³-hybridized carbons (Fsp3) is 1.00. The second-order valence-electron chi connectivity index (χ2n) is 8.68. The molecule has 0 fully saturated rings. The monoisotopic (exact) mass is 451 g/mol. The van der Waals surface area contributed by atoms with Gasteiger partial charge in [-0.1, -0.05) is 86.5 Å². The molecule has 0 amide bonds. The van der Waals surface area contributed by atoms with Crippen LogP contribution in [0.3, 0.4) is 0 Å². The zero-order chi connectivity index (χ0) is 23.3. The van der Waals surface area contributed by atoms with E-state index in [9.17, 15) is 13.0 Å². The van der Waals surface area contributed by atoms with Crippen LogP contribution in [0.4, 0.5) is 0 Å². The van der Waals surface area contributed by atoms with Gasteiger partial charge in [0.15, 0.2) is 0 Å². The van der Waals surface area contributed by atoms with E-state index in [4.69, 9.17) is 0 Å². The first-order chi connectivity index (χ1) is 14.2. The van der Waals surface area contributed by atoms with Gasteiger partial charge in [-0.3, -0.25) is 4.18 Å². The van der Waals surface area contributed by atoms with Crippen molar-refractivity contribution in [2.75, 3.05) is 26.2 Å². The van der Waals surface area contributed by atoms with Crippen LogP contribution in [0.15, 0.2) is 0 Å². The van der Waals surface area contributed by atoms with Gasteiger partial charge in [-0.15, -0.1) is 0 Å². The largest absolute Gasteiger partial charge is 0.726 e. The van der Waals surface area contributed by atoms with E-state index in [0.717, 1.165) is 19.3 Å². The standard InChI is InChI=1S/C16H36N.C8H18O4S/c1-5-9-13-17(14-10-6-2,15-11-7-3)16-12-8-4;1-3-5-6-7-8(4-2)12-13(9,10)11/h5-16H2,1-4H3;8H,3-7H2,1-2H3,(H,9,10,11)/q+1;/p-1. The van der Waals surface area contributed by atoms with Crippen LogP contribution in [0.1, 0.15) is 125 Å².